The molecule has 3 aromatic rings. The summed E-state index contributed by atoms with van der Waals surface area (Å²) in [6, 6.07) is 10.1. The Bertz CT molecular complexity index is 1590. The Morgan fingerprint density at radius 1 is 1.16 bits per heavy atom. The van der Waals surface area contributed by atoms with Crippen molar-refractivity contribution in [2.75, 3.05) is 20.8 Å². The van der Waals surface area contributed by atoms with Crippen molar-refractivity contribution < 1.29 is 23.7 Å². The molecule has 1 atom stereocenters. The maximum absolute atomic E-state index is 14.0. The molecule has 0 aliphatic carbocycles. The fourth-order valence-electron chi connectivity index (χ4n) is 4.27. The van der Waals surface area contributed by atoms with Gasteiger partial charge in [-0.15, -0.1) is 0 Å². The van der Waals surface area contributed by atoms with Crippen molar-refractivity contribution in [2.24, 2.45) is 4.99 Å². The number of hydrogen-bond acceptors (Lipinski definition) is 8. The molecule has 0 radical (unpaired) electrons. The number of hydrogen-bond donors (Lipinski definition) is 0. The van der Waals surface area contributed by atoms with Gasteiger partial charge in [0.25, 0.3) is 5.56 Å². The molecular formula is C28H29BrN2O6S. The largest absolute Gasteiger partial charge is 0.497 e. The molecule has 8 nitrogen and oxygen atoms in total. The lowest BCUT2D eigenvalue weighted by Crippen LogP contribution is -2.40. The van der Waals surface area contributed by atoms with Crippen molar-refractivity contribution in [3.8, 4) is 17.2 Å². The summed E-state index contributed by atoms with van der Waals surface area (Å²) in [4.78, 5) is 32.3. The van der Waals surface area contributed by atoms with Crippen molar-refractivity contribution in [3.05, 3.63) is 83.0 Å². The minimum Gasteiger partial charge on any atom is -0.497 e. The van der Waals surface area contributed by atoms with Gasteiger partial charge >= 0.3 is 5.97 Å². The van der Waals surface area contributed by atoms with Crippen molar-refractivity contribution in [1.82, 2.24) is 4.57 Å². The molecule has 0 bridgehead atoms. The summed E-state index contributed by atoms with van der Waals surface area (Å²) in [6.45, 7) is 7.55. The number of esters is 1. The molecule has 0 unspecified atom stereocenters. The zero-order chi connectivity index (χ0) is 27.6. The Kier molecular flexibility index (Phi) is 8.42. The first kappa shape index (κ1) is 27.7. The van der Waals surface area contributed by atoms with Crippen LogP contribution in [0.4, 0.5) is 0 Å². The van der Waals surface area contributed by atoms with Gasteiger partial charge in [-0.3, -0.25) is 9.36 Å². The van der Waals surface area contributed by atoms with Crippen LogP contribution in [0.2, 0.25) is 0 Å². The average molecular weight is 602 g/mol. The molecule has 2 heterocycles. The summed E-state index contributed by atoms with van der Waals surface area (Å²) >= 11 is 4.75. The Labute approximate surface area is 233 Å². The quantitative estimate of drug-likeness (QED) is 0.357. The smallest absolute Gasteiger partial charge is 0.338 e. The van der Waals surface area contributed by atoms with E-state index in [1.165, 1.54) is 15.9 Å². The first-order chi connectivity index (χ1) is 18.2. The van der Waals surface area contributed by atoms with Gasteiger partial charge in [-0.25, -0.2) is 9.79 Å². The third kappa shape index (κ3) is 5.42. The Morgan fingerprint density at radius 3 is 2.55 bits per heavy atom. The van der Waals surface area contributed by atoms with Gasteiger partial charge in [-0.2, -0.15) is 0 Å². The van der Waals surface area contributed by atoms with Crippen LogP contribution in [-0.4, -0.2) is 37.5 Å². The highest BCUT2D eigenvalue weighted by Gasteiger charge is 2.35. The second-order valence-electron chi connectivity index (χ2n) is 8.76. The number of allylic oxidation sites excluding steroid dienone is 1. The molecule has 0 saturated carbocycles. The fraction of sp³-hybridized carbons (Fsp3) is 0.321. The summed E-state index contributed by atoms with van der Waals surface area (Å²) in [6.07, 6.45) is 1.75. The van der Waals surface area contributed by atoms with Gasteiger partial charge in [0.2, 0.25) is 0 Å². The molecule has 0 fully saturated rings. The van der Waals surface area contributed by atoms with Crippen LogP contribution in [0.3, 0.4) is 0 Å². The normalized spacial score (nSPS) is 15.3. The Morgan fingerprint density at radius 2 is 1.89 bits per heavy atom. The van der Waals surface area contributed by atoms with E-state index in [0.29, 0.717) is 37.8 Å². The van der Waals surface area contributed by atoms with Crippen molar-refractivity contribution in [1.29, 1.82) is 0 Å². The Balaban J connectivity index is 2.01. The lowest BCUT2D eigenvalue weighted by atomic mass is 9.94. The maximum Gasteiger partial charge on any atom is 0.338 e. The van der Waals surface area contributed by atoms with E-state index in [-0.39, 0.29) is 23.8 Å². The Hall–Kier alpha value is -3.37. The van der Waals surface area contributed by atoms with Gasteiger partial charge in [0.05, 0.1) is 42.7 Å². The van der Waals surface area contributed by atoms with E-state index >= 15 is 0 Å². The van der Waals surface area contributed by atoms with Crippen LogP contribution in [0, 0.1) is 0 Å². The number of ether oxygens (including phenoxy) is 4. The van der Waals surface area contributed by atoms with Crippen molar-refractivity contribution >= 4 is 39.3 Å². The predicted octanol–water partition coefficient (Wildman–Crippen LogP) is 4.37. The lowest BCUT2D eigenvalue weighted by molar-refractivity contribution is -0.139. The SMILES string of the molecule is CCOC(=O)C1=C(C)N=c2s/c(=C/c3cc(Br)ccc3OC(C)C)c(=O)n2[C@@H]1c1cc(OC)ccc1OC. The van der Waals surface area contributed by atoms with E-state index in [0.717, 1.165) is 10.0 Å². The molecule has 0 amide bonds. The zero-order valence-electron chi connectivity index (χ0n) is 22.0. The molecule has 0 spiro atoms. The lowest BCUT2D eigenvalue weighted by Gasteiger charge is -2.26. The molecule has 0 N–H and O–H groups in total. The topological polar surface area (TPSA) is 88.4 Å². The van der Waals surface area contributed by atoms with Crippen LogP contribution in [0.1, 0.15) is 44.9 Å². The van der Waals surface area contributed by atoms with Crippen LogP contribution >= 0.6 is 27.3 Å². The van der Waals surface area contributed by atoms with Crippen LogP contribution in [0.25, 0.3) is 6.08 Å². The van der Waals surface area contributed by atoms with E-state index < -0.39 is 12.0 Å². The molecule has 1 aromatic heterocycles. The molecular weight excluding hydrogens is 572 g/mol. The van der Waals surface area contributed by atoms with E-state index in [1.807, 2.05) is 32.0 Å². The van der Waals surface area contributed by atoms with Gasteiger partial charge in [-0.05, 0) is 70.2 Å². The number of thiazole rings is 1. The van der Waals surface area contributed by atoms with Gasteiger partial charge in [0.1, 0.15) is 23.3 Å². The fourth-order valence-corrected chi connectivity index (χ4v) is 5.69. The summed E-state index contributed by atoms with van der Waals surface area (Å²) in [5.74, 6) is 1.17. The highest BCUT2D eigenvalue weighted by atomic mass is 79.9. The van der Waals surface area contributed by atoms with Crippen molar-refractivity contribution in [2.45, 2.75) is 39.8 Å². The average Bonchev–Trinajstić information content (AvgIpc) is 3.18. The molecule has 1 aliphatic heterocycles. The van der Waals surface area contributed by atoms with E-state index in [9.17, 15) is 9.59 Å². The number of fused-ring (bicyclic) bond motifs is 1. The number of aromatic nitrogens is 1. The van der Waals surface area contributed by atoms with Gasteiger partial charge in [0, 0.05) is 15.6 Å². The maximum atomic E-state index is 14.0. The molecule has 4 rings (SSSR count). The highest BCUT2D eigenvalue weighted by Crippen LogP contribution is 2.38. The number of halogens is 1. The summed E-state index contributed by atoms with van der Waals surface area (Å²) in [7, 11) is 3.10. The van der Waals surface area contributed by atoms with Gasteiger partial charge in [-0.1, -0.05) is 27.3 Å². The zero-order valence-corrected chi connectivity index (χ0v) is 24.4. The first-order valence-electron chi connectivity index (χ1n) is 12.1. The third-order valence-corrected chi connectivity index (χ3v) is 7.35. The molecule has 200 valence electrons. The van der Waals surface area contributed by atoms with Crippen LogP contribution in [0.15, 0.2) is 61.9 Å². The minimum atomic E-state index is -0.827. The molecule has 38 heavy (non-hydrogen) atoms. The second-order valence-corrected chi connectivity index (χ2v) is 10.7. The third-order valence-electron chi connectivity index (χ3n) is 5.87. The number of carbonyl (C=O) groups excluding carboxylic acids is 1. The summed E-state index contributed by atoms with van der Waals surface area (Å²) < 4.78 is 25.3. The first-order valence-corrected chi connectivity index (χ1v) is 13.7. The van der Waals surface area contributed by atoms with Crippen molar-refractivity contribution in [3.63, 3.8) is 0 Å². The monoisotopic (exact) mass is 600 g/mol. The van der Waals surface area contributed by atoms with Crippen LogP contribution < -0.4 is 29.1 Å². The number of rotatable bonds is 8. The van der Waals surface area contributed by atoms with Gasteiger partial charge < -0.3 is 18.9 Å². The number of carbonyl (C=O) groups is 1. The minimum absolute atomic E-state index is 0.0418. The van der Waals surface area contributed by atoms with E-state index in [2.05, 4.69) is 20.9 Å². The summed E-state index contributed by atoms with van der Waals surface area (Å²) in [5, 5.41) is 0. The number of nitrogens with zero attached hydrogens (tertiary/aromatic N) is 2. The number of methoxy groups -OCH3 is 2. The van der Waals surface area contributed by atoms with Gasteiger partial charge in [0.15, 0.2) is 4.80 Å². The van der Waals surface area contributed by atoms with E-state index in [1.54, 1.807) is 52.3 Å². The molecule has 1 aliphatic rings. The summed E-state index contributed by atoms with van der Waals surface area (Å²) in [5.41, 5.74) is 1.77. The van der Waals surface area contributed by atoms with Crippen LogP contribution in [0.5, 0.6) is 17.2 Å². The highest BCUT2D eigenvalue weighted by molar-refractivity contribution is 9.10. The molecule has 2 aromatic carbocycles. The standard InChI is InChI=1S/C28H29BrN2O6S/c1-7-36-27(33)24-16(4)30-28-31(25(24)20-14-19(34-5)9-11-22(20)35-6)26(32)23(38-28)13-17-12-18(29)8-10-21(17)37-15(2)3/h8-15,25H,7H2,1-6H3/b23-13+/t25-/m1/s1. The second kappa shape index (κ2) is 11.6. The number of benzene rings is 2. The predicted molar refractivity (Wildman–Crippen MR) is 150 cm³/mol. The molecule has 10 heteroatoms. The van der Waals surface area contributed by atoms with E-state index in [4.69, 9.17) is 18.9 Å². The molecule has 0 saturated heterocycles. The van der Waals surface area contributed by atoms with Crippen LogP contribution in [-0.2, 0) is 9.53 Å².